The summed E-state index contributed by atoms with van der Waals surface area (Å²) in [5.74, 6) is -0.105. The highest BCUT2D eigenvalue weighted by atomic mass is 31.2. The Hall–Kier alpha value is -5.84. The van der Waals surface area contributed by atoms with E-state index in [1.54, 1.807) is 6.07 Å². The molecule has 0 aliphatic carbocycles. The van der Waals surface area contributed by atoms with Gasteiger partial charge in [-0.3, -0.25) is 18.4 Å². The van der Waals surface area contributed by atoms with E-state index >= 15 is 0 Å². The van der Waals surface area contributed by atoms with Crippen molar-refractivity contribution in [2.75, 3.05) is 61.8 Å². The van der Waals surface area contributed by atoms with Crippen LogP contribution in [-0.4, -0.2) is 120 Å². The van der Waals surface area contributed by atoms with Gasteiger partial charge in [-0.1, -0.05) is 18.9 Å². The first-order valence-corrected chi connectivity index (χ1v) is 28.2. The second kappa shape index (κ2) is 20.0. The van der Waals surface area contributed by atoms with Gasteiger partial charge >= 0.3 is 15.6 Å². The normalized spacial score (nSPS) is 20.9. The minimum absolute atomic E-state index is 0.00321. The Morgan fingerprint density at radius 1 is 0.878 bits per heavy atom. The number of phosphoric ester groups is 2. The SMILES string of the molecule is Nc1ncnc2c1nc(NCCCCCCNC(=O)c1ccc(C(=O)[O-])c(C3=c4cc5c6c(c4Oc4c3cc3c7c4CCCN7CCC3)CCC[N+]=6CCC5)c1)n2[C@@H]1O[C@H](COP(=O)(O)O)[C@@H](O)[C@H]1OP(=O)(O)O. The number of phosphoric acid groups is 2. The van der Waals surface area contributed by atoms with E-state index in [9.17, 15) is 48.5 Å². The molecule has 25 heteroatoms. The largest absolute Gasteiger partial charge is 0.545 e. The van der Waals surface area contributed by atoms with Crippen molar-refractivity contribution in [1.82, 2.24) is 29.4 Å². The molecular weight excluding hydrogens is 1000 g/mol. The molecule has 23 nitrogen and oxygen atoms in total. The number of carboxylic acids is 1. The number of fused-ring (bicyclic) bond motifs is 5. The summed E-state index contributed by atoms with van der Waals surface area (Å²) in [6.07, 6.45) is 4.57. The molecule has 392 valence electrons. The number of aromatic carboxylic acids is 1. The van der Waals surface area contributed by atoms with Crippen LogP contribution in [0.3, 0.4) is 0 Å². The Morgan fingerprint density at radius 3 is 2.39 bits per heavy atom. The predicted octanol–water partition coefficient (Wildman–Crippen LogP) is 1.46. The molecule has 8 heterocycles. The lowest BCUT2D eigenvalue weighted by Crippen LogP contribution is -2.45. The number of rotatable bonds is 17. The number of carbonyl (C=O) groups is 2. The van der Waals surface area contributed by atoms with Crippen molar-refractivity contribution in [3.63, 3.8) is 0 Å². The number of amides is 1. The molecule has 6 aliphatic heterocycles. The van der Waals surface area contributed by atoms with Gasteiger partial charge in [0.25, 0.3) is 5.91 Å². The third-order valence-corrected chi connectivity index (χ3v) is 15.9. The second-order valence-corrected chi connectivity index (χ2v) is 22.1. The number of nitrogen functional groups attached to an aromatic ring is 1. The van der Waals surface area contributed by atoms with Crippen LogP contribution in [0, 0.1) is 0 Å². The molecule has 5 aromatic rings. The van der Waals surface area contributed by atoms with Gasteiger partial charge in [0.05, 0.1) is 18.1 Å². The number of aliphatic hydroxyl groups excluding tert-OH is 1. The van der Waals surface area contributed by atoms with E-state index in [4.69, 9.17) is 19.7 Å². The zero-order valence-electron chi connectivity index (χ0n) is 40.3. The summed E-state index contributed by atoms with van der Waals surface area (Å²) in [5, 5.41) is 32.3. The molecule has 11 rings (SSSR count). The monoisotopic (exact) mass is 1060 g/mol. The van der Waals surface area contributed by atoms with E-state index in [1.165, 1.54) is 38.9 Å². The molecule has 74 heavy (non-hydrogen) atoms. The van der Waals surface area contributed by atoms with Gasteiger partial charge in [-0.05, 0) is 86.8 Å². The molecule has 1 saturated heterocycles. The van der Waals surface area contributed by atoms with Crippen molar-refractivity contribution < 1.29 is 67.0 Å². The minimum Gasteiger partial charge on any atom is -0.545 e. The van der Waals surface area contributed by atoms with Crippen molar-refractivity contribution in [2.45, 2.75) is 102 Å². The average molecular weight is 1060 g/mol. The van der Waals surface area contributed by atoms with Crippen LogP contribution in [0.5, 0.6) is 11.5 Å². The summed E-state index contributed by atoms with van der Waals surface area (Å²) < 4.78 is 49.7. The summed E-state index contributed by atoms with van der Waals surface area (Å²) in [7, 11) is -10.3. The van der Waals surface area contributed by atoms with E-state index < -0.39 is 52.8 Å². The van der Waals surface area contributed by atoms with E-state index in [-0.39, 0.29) is 34.4 Å². The Labute approximate surface area is 423 Å². The maximum Gasteiger partial charge on any atom is 0.470 e. The van der Waals surface area contributed by atoms with Crippen molar-refractivity contribution in [3.8, 4) is 11.5 Å². The Bertz CT molecular complexity index is 3340. The lowest BCUT2D eigenvalue weighted by atomic mass is 9.81. The van der Waals surface area contributed by atoms with Gasteiger partial charge < -0.3 is 65.3 Å². The van der Waals surface area contributed by atoms with Crippen molar-refractivity contribution in [2.24, 2.45) is 0 Å². The maximum absolute atomic E-state index is 14.0. The van der Waals surface area contributed by atoms with E-state index in [0.717, 1.165) is 123 Å². The van der Waals surface area contributed by atoms with Crippen LogP contribution in [0.15, 0.2) is 36.7 Å². The van der Waals surface area contributed by atoms with Crippen LogP contribution in [0.4, 0.5) is 17.5 Å². The number of aryl methyl sites for hydroxylation is 2. The number of aliphatic hydroxyl groups is 1. The van der Waals surface area contributed by atoms with Gasteiger partial charge in [0.2, 0.25) is 11.3 Å². The summed E-state index contributed by atoms with van der Waals surface area (Å²) in [4.78, 5) is 80.2. The molecule has 9 N–H and O–H groups in total. The number of imidazole rings is 1. The molecule has 6 aliphatic rings. The molecule has 1 amide bonds. The van der Waals surface area contributed by atoms with Crippen molar-refractivity contribution >= 4 is 61.7 Å². The summed E-state index contributed by atoms with van der Waals surface area (Å²) in [6, 6.07) is 9.09. The maximum atomic E-state index is 14.0. The number of hydrogen-bond acceptors (Lipinski definition) is 16. The number of nitrogens with zero attached hydrogens (tertiary/aromatic N) is 6. The Balaban J connectivity index is 0.805. The number of nitrogens with two attached hydrogens (primary N) is 1. The lowest BCUT2D eigenvalue weighted by molar-refractivity contribution is -0.255. The van der Waals surface area contributed by atoms with Gasteiger partial charge in [-0.25, -0.2) is 28.7 Å². The minimum atomic E-state index is -5.27. The second-order valence-electron chi connectivity index (χ2n) is 19.6. The van der Waals surface area contributed by atoms with Crippen LogP contribution < -0.4 is 46.3 Å². The molecule has 1 fully saturated rings. The fourth-order valence-corrected chi connectivity index (χ4v) is 12.7. The summed E-state index contributed by atoms with van der Waals surface area (Å²) in [6.45, 7) is 3.74. The summed E-state index contributed by atoms with van der Waals surface area (Å²) in [5.41, 5.74) is 14.6. The highest BCUT2D eigenvalue weighted by Crippen LogP contribution is 2.50. The first-order chi connectivity index (χ1) is 35.5. The highest BCUT2D eigenvalue weighted by Gasteiger charge is 2.50. The lowest BCUT2D eigenvalue weighted by Gasteiger charge is -2.39. The Morgan fingerprint density at radius 2 is 1.62 bits per heavy atom. The number of anilines is 3. The third kappa shape index (κ3) is 9.59. The fraction of sp³-hybridized carbons (Fsp3) is 0.469. The quantitative estimate of drug-likeness (QED) is 0.0364. The van der Waals surface area contributed by atoms with Gasteiger partial charge in [0, 0.05) is 83.3 Å². The number of aromatic nitrogens is 4. The predicted molar refractivity (Wildman–Crippen MR) is 265 cm³/mol. The topological polar surface area (TPSA) is 329 Å². The van der Waals surface area contributed by atoms with Crippen LogP contribution in [0.1, 0.15) is 112 Å². The van der Waals surface area contributed by atoms with Crippen molar-refractivity contribution in [1.29, 1.82) is 0 Å². The number of carboxylic acid groups (broad SMARTS) is 1. The van der Waals surface area contributed by atoms with Gasteiger partial charge in [-0.2, -0.15) is 0 Å². The molecular formula is C49H57N9O14P2. The number of hydrogen-bond donors (Lipinski definition) is 8. The third-order valence-electron chi connectivity index (χ3n) is 14.9. The van der Waals surface area contributed by atoms with Gasteiger partial charge in [0.1, 0.15) is 49.2 Å². The van der Waals surface area contributed by atoms with E-state index in [1.807, 2.05) is 0 Å². The van der Waals surface area contributed by atoms with E-state index in [2.05, 4.69) is 51.7 Å². The Kier molecular flexibility index (Phi) is 13.6. The van der Waals surface area contributed by atoms with Crippen LogP contribution in [0.25, 0.3) is 16.7 Å². The fourth-order valence-electron chi connectivity index (χ4n) is 11.8. The average Bonchev–Trinajstić information content (AvgIpc) is 3.90. The molecule has 0 radical (unpaired) electrons. The number of carbonyl (C=O) groups excluding carboxylic acids is 2. The standard InChI is InChI=1S/C49H57N9O14P2/c50-44-37-45(54-25-53-44)58(47-43(72-74(66,67)68)40(59)35(70-47)24-69-73(63,64)65)49(55-37)52-16-4-2-1-3-15-51-46(60)28-13-14-29(48(61)62)32(23-28)36-33-21-26-9-5-17-56-19-7-11-30(38(26)56)41(33)71-42-31-12-8-20-57-18-6-10-27(39(31)57)22-34(36)42/h13-14,21-23,25,35,40,43,47,59H,1-12,15-20,24H2,(H8-,50,51,52,53,54,55,60,61,62,63,64,65,66,67,68)/t35-,40-,43-,47-/m1/s1. The molecule has 0 saturated carbocycles. The first kappa shape index (κ1) is 50.3. The summed E-state index contributed by atoms with van der Waals surface area (Å²) >= 11 is 0. The zero-order valence-corrected chi connectivity index (χ0v) is 42.1. The molecule has 0 spiro atoms. The van der Waals surface area contributed by atoms with Crippen LogP contribution in [-0.2, 0) is 48.6 Å². The van der Waals surface area contributed by atoms with Gasteiger partial charge in [0.15, 0.2) is 23.2 Å². The number of nitrogens with one attached hydrogen (secondary N) is 2. The molecule has 0 bridgehead atoms. The first-order valence-electron chi connectivity index (χ1n) is 25.1. The molecule has 2 aromatic heterocycles. The number of unbranched alkanes of at least 4 members (excludes halogenated alkanes) is 3. The van der Waals surface area contributed by atoms with Crippen LogP contribution in [0.2, 0.25) is 0 Å². The molecule has 0 unspecified atom stereocenters. The number of benzene rings is 3. The van der Waals surface area contributed by atoms with E-state index in [0.29, 0.717) is 49.9 Å². The molecule has 4 atom stereocenters. The van der Waals surface area contributed by atoms with Gasteiger partial charge in [-0.15, -0.1) is 0 Å². The van der Waals surface area contributed by atoms with Crippen LogP contribution >= 0.6 is 15.6 Å². The zero-order chi connectivity index (χ0) is 51.6. The van der Waals surface area contributed by atoms with Crippen molar-refractivity contribution in [3.05, 3.63) is 91.7 Å². The number of ether oxygens (including phenoxy) is 2. The highest BCUT2D eigenvalue weighted by molar-refractivity contribution is 7.46. The molecule has 3 aromatic carbocycles. The smallest absolute Gasteiger partial charge is 0.470 e.